The Labute approximate surface area is 128 Å². The molecule has 21 heavy (non-hydrogen) atoms. The van der Waals surface area contributed by atoms with E-state index in [1.165, 1.54) is 30.3 Å². The number of nitrogens with two attached hydrogens (primary N) is 1. The molecule has 0 spiro atoms. The molecule has 108 valence electrons. The minimum absolute atomic E-state index is 0.109. The van der Waals surface area contributed by atoms with E-state index in [0.29, 0.717) is 16.4 Å². The lowest BCUT2D eigenvalue weighted by Crippen LogP contribution is -2.13. The minimum Gasteiger partial charge on any atom is -0.397 e. The lowest BCUT2D eigenvalue weighted by atomic mass is 10.2. The highest BCUT2D eigenvalue weighted by molar-refractivity contribution is 7.92. The van der Waals surface area contributed by atoms with Gasteiger partial charge in [-0.15, -0.1) is 0 Å². The number of anilines is 2. The van der Waals surface area contributed by atoms with Crippen LogP contribution in [0.1, 0.15) is 5.56 Å². The van der Waals surface area contributed by atoms with Gasteiger partial charge in [0.2, 0.25) is 0 Å². The van der Waals surface area contributed by atoms with Crippen LogP contribution in [0.5, 0.6) is 0 Å². The number of nitrogens with zero attached hydrogens (tertiary/aromatic N) is 1. The Hall–Kier alpha value is -2.23. The smallest absolute Gasteiger partial charge is 0.261 e. The second-order valence-corrected chi connectivity index (χ2v) is 6.41. The van der Waals surface area contributed by atoms with Gasteiger partial charge in [-0.2, -0.15) is 5.26 Å². The van der Waals surface area contributed by atoms with Crippen molar-refractivity contribution in [3.63, 3.8) is 0 Å². The summed E-state index contributed by atoms with van der Waals surface area (Å²) in [5, 5.41) is 8.95. The zero-order valence-electron chi connectivity index (χ0n) is 10.9. The first-order valence-corrected chi connectivity index (χ1v) is 7.82. The van der Waals surface area contributed by atoms with Gasteiger partial charge in [0.15, 0.2) is 0 Å². The van der Waals surface area contributed by atoms with E-state index in [2.05, 4.69) is 4.72 Å². The van der Waals surface area contributed by atoms with E-state index in [-0.39, 0.29) is 11.3 Å². The number of benzene rings is 2. The van der Waals surface area contributed by atoms with E-state index < -0.39 is 10.0 Å². The Bertz CT molecular complexity index is 796. The molecular formula is C14H12ClN3O2S. The van der Waals surface area contributed by atoms with Crippen molar-refractivity contribution in [2.75, 3.05) is 10.5 Å². The van der Waals surface area contributed by atoms with Gasteiger partial charge in [0.25, 0.3) is 10.0 Å². The highest BCUT2D eigenvalue weighted by Crippen LogP contribution is 2.24. The monoisotopic (exact) mass is 321 g/mol. The fraction of sp³-hybridized carbons (Fsp3) is 0.0714. The number of hydrogen-bond donors (Lipinski definition) is 2. The number of nitrogens with one attached hydrogen (secondary N) is 1. The number of hydrogen-bond acceptors (Lipinski definition) is 4. The van der Waals surface area contributed by atoms with Crippen LogP contribution in [-0.2, 0) is 16.4 Å². The molecule has 0 heterocycles. The van der Waals surface area contributed by atoms with Gasteiger partial charge < -0.3 is 5.73 Å². The summed E-state index contributed by atoms with van der Waals surface area (Å²) >= 11 is 5.79. The summed E-state index contributed by atoms with van der Waals surface area (Å²) in [6.45, 7) is 0. The molecule has 0 bridgehead atoms. The van der Waals surface area contributed by atoms with Gasteiger partial charge in [-0.3, -0.25) is 4.72 Å². The zero-order chi connectivity index (χ0) is 15.5. The zero-order valence-corrected chi connectivity index (χ0v) is 12.4. The maximum atomic E-state index is 12.2. The maximum absolute atomic E-state index is 12.2. The molecule has 0 aliphatic rings. The Morgan fingerprint density at radius 2 is 1.86 bits per heavy atom. The predicted molar refractivity (Wildman–Crippen MR) is 82.4 cm³/mol. The molecule has 0 unspecified atom stereocenters. The lowest BCUT2D eigenvalue weighted by molar-refractivity contribution is 0.601. The second kappa shape index (κ2) is 6.04. The average Bonchev–Trinajstić information content (AvgIpc) is 2.44. The number of sulfonamides is 1. The first-order chi connectivity index (χ1) is 9.92. The minimum atomic E-state index is -3.71. The van der Waals surface area contributed by atoms with E-state index >= 15 is 0 Å². The van der Waals surface area contributed by atoms with Gasteiger partial charge >= 0.3 is 0 Å². The molecule has 2 aromatic rings. The third-order valence-corrected chi connectivity index (χ3v) is 4.51. The van der Waals surface area contributed by atoms with Crippen LogP contribution in [0, 0.1) is 11.3 Å². The third-order valence-electron chi connectivity index (χ3n) is 2.77. The molecule has 5 nitrogen and oxygen atoms in total. The molecule has 3 N–H and O–H groups in total. The summed E-state index contributed by atoms with van der Waals surface area (Å²) in [6.07, 6.45) is 0.238. The first kappa shape index (κ1) is 15.2. The molecule has 0 saturated carbocycles. The SMILES string of the molecule is N#CCc1ccc(S(=O)(=O)Nc2ccc(Cl)c(N)c2)cc1. The van der Waals surface area contributed by atoms with Gasteiger partial charge in [0.05, 0.1) is 33.8 Å². The first-order valence-electron chi connectivity index (χ1n) is 5.96. The van der Waals surface area contributed by atoms with Crippen molar-refractivity contribution in [1.82, 2.24) is 0 Å². The molecular weight excluding hydrogens is 310 g/mol. The molecule has 2 rings (SSSR count). The molecule has 0 amide bonds. The van der Waals surface area contributed by atoms with Crippen molar-refractivity contribution in [3.8, 4) is 6.07 Å². The van der Waals surface area contributed by atoms with Crippen molar-refractivity contribution in [2.45, 2.75) is 11.3 Å². The number of nitriles is 1. The highest BCUT2D eigenvalue weighted by atomic mass is 35.5. The molecule has 0 aliphatic carbocycles. The van der Waals surface area contributed by atoms with Crippen LogP contribution in [0.4, 0.5) is 11.4 Å². The van der Waals surface area contributed by atoms with Crippen molar-refractivity contribution < 1.29 is 8.42 Å². The summed E-state index contributed by atoms with van der Waals surface area (Å²) < 4.78 is 26.9. The molecule has 2 aromatic carbocycles. The van der Waals surface area contributed by atoms with Gasteiger partial charge in [-0.1, -0.05) is 23.7 Å². The summed E-state index contributed by atoms with van der Waals surface area (Å²) in [5.74, 6) is 0. The maximum Gasteiger partial charge on any atom is 0.261 e. The quantitative estimate of drug-likeness (QED) is 0.846. The van der Waals surface area contributed by atoms with Gasteiger partial charge in [0.1, 0.15) is 0 Å². The lowest BCUT2D eigenvalue weighted by Gasteiger charge is -2.09. The average molecular weight is 322 g/mol. The normalized spacial score (nSPS) is 10.9. The summed E-state index contributed by atoms with van der Waals surface area (Å²) in [4.78, 5) is 0.109. The fourth-order valence-electron chi connectivity index (χ4n) is 1.70. The van der Waals surface area contributed by atoms with Crippen molar-refractivity contribution in [1.29, 1.82) is 5.26 Å². The van der Waals surface area contributed by atoms with Crippen LogP contribution in [-0.4, -0.2) is 8.42 Å². The second-order valence-electron chi connectivity index (χ2n) is 4.32. The van der Waals surface area contributed by atoms with Gasteiger partial charge in [-0.25, -0.2) is 8.42 Å². The predicted octanol–water partition coefficient (Wildman–Crippen LogP) is 2.79. The Kier molecular flexibility index (Phi) is 4.36. The summed E-state index contributed by atoms with van der Waals surface area (Å²) in [5.41, 5.74) is 7.01. The van der Waals surface area contributed by atoms with Gasteiger partial charge in [0, 0.05) is 0 Å². The standard InChI is InChI=1S/C14H12ClN3O2S/c15-13-6-3-11(9-14(13)17)18-21(19,20)12-4-1-10(2-5-12)7-8-16/h1-6,9,18H,7,17H2. The van der Waals surface area contributed by atoms with Crippen LogP contribution in [0.3, 0.4) is 0 Å². The third kappa shape index (κ3) is 3.66. The molecule has 0 aliphatic heterocycles. The molecule has 0 radical (unpaired) electrons. The number of nitrogen functional groups attached to an aromatic ring is 1. The summed E-state index contributed by atoms with van der Waals surface area (Å²) in [6, 6.07) is 12.6. The van der Waals surface area contributed by atoms with E-state index in [1.807, 2.05) is 6.07 Å². The fourth-order valence-corrected chi connectivity index (χ4v) is 2.87. The van der Waals surface area contributed by atoms with Crippen molar-refractivity contribution in [3.05, 3.63) is 53.1 Å². The van der Waals surface area contributed by atoms with E-state index in [0.717, 1.165) is 5.56 Å². The topological polar surface area (TPSA) is 96.0 Å². The Morgan fingerprint density at radius 1 is 1.19 bits per heavy atom. The largest absolute Gasteiger partial charge is 0.397 e. The summed E-state index contributed by atoms with van der Waals surface area (Å²) in [7, 11) is -3.71. The van der Waals surface area contributed by atoms with Crippen LogP contribution in [0.25, 0.3) is 0 Å². The Morgan fingerprint density at radius 3 is 2.43 bits per heavy atom. The van der Waals surface area contributed by atoms with Crippen LogP contribution in [0.2, 0.25) is 5.02 Å². The molecule has 0 aromatic heterocycles. The molecule has 0 atom stereocenters. The Balaban J connectivity index is 2.25. The van der Waals surface area contributed by atoms with E-state index in [4.69, 9.17) is 22.6 Å². The van der Waals surface area contributed by atoms with E-state index in [9.17, 15) is 8.42 Å². The van der Waals surface area contributed by atoms with E-state index in [1.54, 1.807) is 12.1 Å². The van der Waals surface area contributed by atoms with Crippen LogP contribution in [0.15, 0.2) is 47.4 Å². The van der Waals surface area contributed by atoms with Crippen LogP contribution >= 0.6 is 11.6 Å². The number of halogens is 1. The van der Waals surface area contributed by atoms with Crippen molar-refractivity contribution in [2.24, 2.45) is 0 Å². The number of rotatable bonds is 4. The van der Waals surface area contributed by atoms with Gasteiger partial charge in [-0.05, 0) is 35.9 Å². The van der Waals surface area contributed by atoms with Crippen molar-refractivity contribution >= 4 is 33.0 Å². The highest BCUT2D eigenvalue weighted by Gasteiger charge is 2.14. The van der Waals surface area contributed by atoms with Crippen LogP contribution < -0.4 is 10.5 Å². The molecule has 7 heteroatoms. The molecule has 0 fully saturated rings. The molecule has 0 saturated heterocycles.